The van der Waals surface area contributed by atoms with Crippen molar-refractivity contribution in [1.29, 1.82) is 0 Å². The van der Waals surface area contributed by atoms with Crippen LogP contribution in [0.25, 0.3) is 0 Å². The van der Waals surface area contributed by atoms with Gasteiger partial charge in [-0.15, -0.1) is 0 Å². The lowest BCUT2D eigenvalue weighted by Crippen LogP contribution is -2.47. The van der Waals surface area contributed by atoms with Gasteiger partial charge >= 0.3 is 12.2 Å². The van der Waals surface area contributed by atoms with Crippen LogP contribution in [0.3, 0.4) is 0 Å². The van der Waals surface area contributed by atoms with Crippen LogP contribution in [0.4, 0.5) is 29.3 Å². The van der Waals surface area contributed by atoms with E-state index in [9.17, 15) is 27.9 Å². The van der Waals surface area contributed by atoms with Gasteiger partial charge in [0, 0.05) is 42.5 Å². The van der Waals surface area contributed by atoms with E-state index >= 15 is 0 Å². The lowest BCUT2D eigenvalue weighted by atomic mass is 10.0. The molecular formula is C33H37F3N4O6. The number of hydrogen-bond acceptors (Lipinski definition) is 7. The highest BCUT2D eigenvalue weighted by atomic mass is 19.4. The second kappa shape index (κ2) is 13.9. The van der Waals surface area contributed by atoms with E-state index in [1.807, 2.05) is 32.2 Å². The Bertz CT molecular complexity index is 1550. The smallest absolute Gasteiger partial charge is 0.416 e. The zero-order valence-corrected chi connectivity index (χ0v) is 25.8. The molecule has 13 heteroatoms. The van der Waals surface area contributed by atoms with Crippen molar-refractivity contribution in [2.75, 3.05) is 44.2 Å². The van der Waals surface area contributed by atoms with Gasteiger partial charge in [-0.3, -0.25) is 9.69 Å². The predicted octanol–water partition coefficient (Wildman–Crippen LogP) is 5.36. The molecule has 3 atom stereocenters. The Balaban J connectivity index is 1.33. The van der Waals surface area contributed by atoms with E-state index in [0.717, 1.165) is 17.7 Å². The Morgan fingerprint density at radius 2 is 1.70 bits per heavy atom. The highest BCUT2D eigenvalue weighted by Gasteiger charge is 2.32. The molecule has 246 valence electrons. The molecule has 3 aromatic carbocycles. The summed E-state index contributed by atoms with van der Waals surface area (Å²) in [7, 11) is 1.98. The number of aliphatic hydroxyl groups excluding tert-OH is 1. The van der Waals surface area contributed by atoms with Gasteiger partial charge in [-0.05, 0) is 74.1 Å². The summed E-state index contributed by atoms with van der Waals surface area (Å²) in [6.07, 6.45) is -4.84. The van der Waals surface area contributed by atoms with Crippen molar-refractivity contribution < 1.29 is 42.1 Å². The fourth-order valence-electron chi connectivity index (χ4n) is 5.48. The third-order valence-electron chi connectivity index (χ3n) is 8.03. The molecule has 0 saturated heterocycles. The van der Waals surface area contributed by atoms with E-state index < -0.39 is 23.8 Å². The van der Waals surface area contributed by atoms with Crippen LogP contribution in [-0.4, -0.2) is 72.5 Å². The monoisotopic (exact) mass is 642 g/mol. The summed E-state index contributed by atoms with van der Waals surface area (Å²) in [5, 5.41) is 15.1. The molecule has 2 aliphatic heterocycles. The number of urea groups is 1. The summed E-state index contributed by atoms with van der Waals surface area (Å²) < 4.78 is 56.1. The second-order valence-corrected chi connectivity index (χ2v) is 11.7. The van der Waals surface area contributed by atoms with Crippen LogP contribution < -0.4 is 24.8 Å². The summed E-state index contributed by atoms with van der Waals surface area (Å²) >= 11 is 0. The minimum Gasteiger partial charge on any atom is -0.488 e. The maximum Gasteiger partial charge on any atom is 0.416 e. The van der Waals surface area contributed by atoms with Gasteiger partial charge in [-0.25, -0.2) is 4.79 Å². The minimum absolute atomic E-state index is 0.0256. The van der Waals surface area contributed by atoms with Crippen LogP contribution in [-0.2, 0) is 23.9 Å². The van der Waals surface area contributed by atoms with Crippen LogP contribution in [0.5, 0.6) is 17.2 Å². The molecule has 0 aliphatic carbocycles. The SMILES string of the molecule is C[C@@H]1CN([C@H](C)CO)C(=O)Cc2cc(NC(=O)Nc3ccc(C(F)(F)F)cc3)ccc2O[C@H]1CN(C)Cc1ccc2c(c1)OCO2. The van der Waals surface area contributed by atoms with E-state index in [1.54, 1.807) is 30.0 Å². The van der Waals surface area contributed by atoms with E-state index in [-0.39, 0.29) is 43.4 Å². The van der Waals surface area contributed by atoms with E-state index in [2.05, 4.69) is 15.5 Å². The number of nitrogens with one attached hydrogen (secondary N) is 2. The molecular weight excluding hydrogens is 605 g/mol. The fraction of sp³-hybridized carbons (Fsp3) is 0.394. The van der Waals surface area contributed by atoms with E-state index in [4.69, 9.17) is 14.2 Å². The molecule has 0 aromatic heterocycles. The van der Waals surface area contributed by atoms with Crippen LogP contribution in [0.15, 0.2) is 60.7 Å². The second-order valence-electron chi connectivity index (χ2n) is 11.7. The van der Waals surface area contributed by atoms with Crippen molar-refractivity contribution >= 4 is 23.3 Å². The highest BCUT2D eigenvalue weighted by molar-refractivity contribution is 6.00. The third-order valence-corrected chi connectivity index (χ3v) is 8.03. The van der Waals surface area contributed by atoms with Crippen molar-refractivity contribution in [3.05, 3.63) is 77.4 Å². The minimum atomic E-state index is -4.48. The number of halogens is 3. The number of aliphatic hydroxyl groups is 1. The number of anilines is 2. The van der Waals surface area contributed by atoms with Crippen molar-refractivity contribution in [3.63, 3.8) is 0 Å². The van der Waals surface area contributed by atoms with Crippen LogP contribution >= 0.6 is 0 Å². The number of rotatable bonds is 8. The lowest BCUT2D eigenvalue weighted by Gasteiger charge is -2.34. The van der Waals surface area contributed by atoms with Crippen molar-refractivity contribution in [2.24, 2.45) is 5.92 Å². The molecule has 5 rings (SSSR count). The summed E-state index contributed by atoms with van der Waals surface area (Å²) in [5.74, 6) is 1.62. The molecule has 46 heavy (non-hydrogen) atoms. The maximum atomic E-state index is 13.5. The van der Waals surface area contributed by atoms with Gasteiger partial charge in [0.25, 0.3) is 0 Å². The molecule has 0 spiro atoms. The molecule has 3 amide bonds. The zero-order chi connectivity index (χ0) is 33.0. The molecule has 0 fully saturated rings. The number of benzene rings is 3. The van der Waals surface area contributed by atoms with Gasteiger partial charge in [0.2, 0.25) is 12.7 Å². The topological polar surface area (TPSA) is 113 Å². The molecule has 3 N–H and O–H groups in total. The van der Waals surface area contributed by atoms with Gasteiger partial charge in [-0.2, -0.15) is 13.2 Å². The first kappa shape index (κ1) is 32.9. The van der Waals surface area contributed by atoms with Crippen molar-refractivity contribution in [3.8, 4) is 17.2 Å². The number of carbonyl (C=O) groups is 2. The summed E-state index contributed by atoms with van der Waals surface area (Å²) in [5.41, 5.74) is 1.31. The van der Waals surface area contributed by atoms with Crippen LogP contribution in [0.2, 0.25) is 0 Å². The van der Waals surface area contributed by atoms with Crippen LogP contribution in [0, 0.1) is 5.92 Å². The number of fused-ring (bicyclic) bond motifs is 2. The number of amides is 3. The molecule has 0 unspecified atom stereocenters. The van der Waals surface area contributed by atoms with Gasteiger partial charge in [0.15, 0.2) is 11.5 Å². The zero-order valence-electron chi connectivity index (χ0n) is 25.8. The number of carbonyl (C=O) groups excluding carboxylic acids is 2. The molecule has 0 bridgehead atoms. The molecule has 10 nitrogen and oxygen atoms in total. The number of ether oxygens (including phenoxy) is 3. The average molecular weight is 643 g/mol. The van der Waals surface area contributed by atoms with Gasteiger partial charge in [0.05, 0.1) is 24.6 Å². The molecule has 2 aliphatic rings. The first-order valence-corrected chi connectivity index (χ1v) is 14.9. The lowest BCUT2D eigenvalue weighted by molar-refractivity contribution is -0.137. The summed E-state index contributed by atoms with van der Waals surface area (Å²) in [6.45, 7) is 5.31. The fourth-order valence-corrected chi connectivity index (χ4v) is 5.48. The van der Waals surface area contributed by atoms with Crippen molar-refractivity contribution in [2.45, 2.75) is 45.1 Å². The number of nitrogens with zero attached hydrogens (tertiary/aromatic N) is 2. The molecule has 0 radical (unpaired) electrons. The summed E-state index contributed by atoms with van der Waals surface area (Å²) in [6, 6.07) is 13.8. The van der Waals surface area contributed by atoms with Crippen LogP contribution in [0.1, 0.15) is 30.5 Å². The standard InChI is InChI=1S/C33H37F3N4O6/c1-20-15-40(21(2)18-41)31(42)14-23-13-26(38-32(43)37-25-7-5-24(6-8-25)33(34,35)36)9-11-27(23)46-30(20)17-39(3)16-22-4-10-28-29(12-22)45-19-44-28/h4-13,20-21,30,41H,14-19H2,1-3H3,(H2,37,38,43)/t20-,21-,30+/m1/s1. The Hall–Kier alpha value is -4.49. The maximum absolute atomic E-state index is 13.5. The van der Waals surface area contributed by atoms with Crippen molar-refractivity contribution in [1.82, 2.24) is 9.80 Å². The number of alkyl halides is 3. The van der Waals surface area contributed by atoms with Gasteiger partial charge in [0.1, 0.15) is 11.9 Å². The normalized spacial score (nSPS) is 18.6. The third kappa shape index (κ3) is 8.01. The van der Waals surface area contributed by atoms with E-state index in [1.165, 1.54) is 12.1 Å². The largest absolute Gasteiger partial charge is 0.488 e. The Morgan fingerprint density at radius 1 is 1.02 bits per heavy atom. The van der Waals surface area contributed by atoms with Gasteiger partial charge < -0.3 is 34.9 Å². The first-order chi connectivity index (χ1) is 21.9. The number of likely N-dealkylation sites (N-methyl/N-ethyl adjacent to an activating group) is 1. The van der Waals surface area contributed by atoms with E-state index in [0.29, 0.717) is 48.1 Å². The average Bonchev–Trinajstić information content (AvgIpc) is 3.48. The van der Waals surface area contributed by atoms with Gasteiger partial charge in [-0.1, -0.05) is 13.0 Å². The predicted molar refractivity (Wildman–Crippen MR) is 165 cm³/mol. The first-order valence-electron chi connectivity index (χ1n) is 14.9. The Labute approximate surface area is 265 Å². The highest BCUT2D eigenvalue weighted by Crippen LogP contribution is 2.34. The Morgan fingerprint density at radius 3 is 2.41 bits per heavy atom. The Kier molecular flexibility index (Phi) is 9.92. The molecule has 2 heterocycles. The summed E-state index contributed by atoms with van der Waals surface area (Å²) in [4.78, 5) is 30.0. The quantitative estimate of drug-likeness (QED) is 0.303. The molecule has 0 saturated carbocycles. The molecule has 3 aromatic rings. The number of hydrogen-bond donors (Lipinski definition) is 3.